The average molecular weight is 544 g/mol. The predicted octanol–water partition coefficient (Wildman–Crippen LogP) is 3.06. The summed E-state index contributed by atoms with van der Waals surface area (Å²) in [5, 5.41) is 26.0. The van der Waals surface area contributed by atoms with Gasteiger partial charge in [0.25, 0.3) is 11.8 Å². The molecule has 1 heterocycles. The number of nitrogens with one attached hydrogen (secondary N) is 2. The fourth-order valence-electron chi connectivity index (χ4n) is 4.75. The Kier molecular flexibility index (Phi) is 8.84. The topological polar surface area (TPSA) is 136 Å². The first-order valence-corrected chi connectivity index (χ1v) is 12.8. The highest BCUT2D eigenvalue weighted by Crippen LogP contribution is 2.46. The molecule has 0 bridgehead atoms. The van der Waals surface area contributed by atoms with Crippen molar-refractivity contribution in [3.8, 4) is 0 Å². The van der Waals surface area contributed by atoms with Crippen LogP contribution in [0.5, 0.6) is 0 Å². The second-order valence-corrected chi connectivity index (χ2v) is 10.9. The zero-order chi connectivity index (χ0) is 28.3. The molecule has 1 aliphatic rings. The lowest BCUT2D eigenvalue weighted by atomic mass is 9.66. The molecular formula is C28H34ClN3O6. The SMILES string of the molecule is CC(NC(=O)c1cccc(C(=O)NCC(=O)O)c1)[C@@H](C)C(=O)N1CC[C@](O)(c2ccc(Cl)cc2)C(C)(C)C1. The maximum Gasteiger partial charge on any atom is 0.322 e. The summed E-state index contributed by atoms with van der Waals surface area (Å²) in [6.45, 7) is 7.51. The van der Waals surface area contributed by atoms with Gasteiger partial charge in [-0.2, -0.15) is 0 Å². The minimum atomic E-state index is -1.17. The third-order valence-electron chi connectivity index (χ3n) is 7.37. The molecule has 0 aromatic heterocycles. The molecule has 38 heavy (non-hydrogen) atoms. The minimum absolute atomic E-state index is 0.133. The highest BCUT2D eigenvalue weighted by Gasteiger charge is 2.50. The molecule has 10 heteroatoms. The van der Waals surface area contributed by atoms with E-state index in [1.807, 2.05) is 26.0 Å². The quantitative estimate of drug-likeness (QED) is 0.404. The van der Waals surface area contributed by atoms with Crippen molar-refractivity contribution in [1.29, 1.82) is 0 Å². The lowest BCUT2D eigenvalue weighted by Crippen LogP contribution is -2.58. The molecular weight excluding hydrogens is 510 g/mol. The van der Waals surface area contributed by atoms with E-state index in [-0.39, 0.29) is 17.0 Å². The van der Waals surface area contributed by atoms with Gasteiger partial charge in [-0.3, -0.25) is 19.2 Å². The van der Waals surface area contributed by atoms with Crippen molar-refractivity contribution in [2.45, 2.75) is 45.8 Å². The molecule has 1 fully saturated rings. The number of carboxylic acid groups (broad SMARTS) is 1. The summed E-state index contributed by atoms with van der Waals surface area (Å²) in [6, 6.07) is 12.5. The maximum atomic E-state index is 13.4. The maximum absolute atomic E-state index is 13.4. The molecule has 4 N–H and O–H groups in total. The first-order chi connectivity index (χ1) is 17.7. The third-order valence-corrected chi connectivity index (χ3v) is 7.62. The number of likely N-dealkylation sites (tertiary alicyclic amines) is 1. The highest BCUT2D eigenvalue weighted by atomic mass is 35.5. The summed E-state index contributed by atoms with van der Waals surface area (Å²) >= 11 is 6.01. The Bertz CT molecular complexity index is 1220. The summed E-state index contributed by atoms with van der Waals surface area (Å²) < 4.78 is 0. The van der Waals surface area contributed by atoms with Gasteiger partial charge in [0.05, 0.1) is 11.5 Å². The van der Waals surface area contributed by atoms with Crippen molar-refractivity contribution in [1.82, 2.24) is 15.5 Å². The van der Waals surface area contributed by atoms with E-state index in [1.165, 1.54) is 24.3 Å². The number of hydrogen-bond acceptors (Lipinski definition) is 5. The van der Waals surface area contributed by atoms with Crippen LogP contribution in [0.4, 0.5) is 0 Å². The number of carbonyl (C=O) groups is 4. The third kappa shape index (κ3) is 6.34. The van der Waals surface area contributed by atoms with Crippen molar-refractivity contribution in [2.24, 2.45) is 11.3 Å². The van der Waals surface area contributed by atoms with Gasteiger partial charge in [0.1, 0.15) is 6.54 Å². The van der Waals surface area contributed by atoms with Gasteiger partial charge in [-0.25, -0.2) is 0 Å². The van der Waals surface area contributed by atoms with E-state index >= 15 is 0 Å². The highest BCUT2D eigenvalue weighted by molar-refractivity contribution is 6.30. The number of aliphatic hydroxyl groups is 1. The molecule has 1 aliphatic heterocycles. The van der Waals surface area contributed by atoms with E-state index in [1.54, 1.807) is 30.9 Å². The van der Waals surface area contributed by atoms with Crippen LogP contribution in [-0.2, 0) is 15.2 Å². The molecule has 0 aliphatic carbocycles. The number of benzene rings is 2. The number of piperidine rings is 1. The normalized spacial score (nSPS) is 20.2. The van der Waals surface area contributed by atoms with Crippen molar-refractivity contribution in [2.75, 3.05) is 19.6 Å². The van der Waals surface area contributed by atoms with Crippen LogP contribution >= 0.6 is 11.6 Å². The van der Waals surface area contributed by atoms with E-state index in [9.17, 15) is 24.3 Å². The number of halogens is 1. The molecule has 3 amide bonds. The van der Waals surface area contributed by atoms with Crippen LogP contribution in [0.25, 0.3) is 0 Å². The van der Waals surface area contributed by atoms with E-state index < -0.39 is 47.3 Å². The van der Waals surface area contributed by atoms with E-state index in [0.717, 1.165) is 5.56 Å². The molecule has 3 atom stereocenters. The van der Waals surface area contributed by atoms with Crippen molar-refractivity contribution < 1.29 is 29.4 Å². The summed E-state index contributed by atoms with van der Waals surface area (Å²) in [7, 11) is 0. The molecule has 0 saturated carbocycles. The second kappa shape index (κ2) is 11.5. The average Bonchev–Trinajstić information content (AvgIpc) is 2.88. The fourth-order valence-corrected chi connectivity index (χ4v) is 4.87. The Morgan fingerprint density at radius 1 is 1.03 bits per heavy atom. The molecule has 0 spiro atoms. The number of carbonyl (C=O) groups excluding carboxylic acids is 3. The largest absolute Gasteiger partial charge is 0.480 e. The number of rotatable bonds is 8. The smallest absolute Gasteiger partial charge is 0.322 e. The van der Waals surface area contributed by atoms with Crippen molar-refractivity contribution in [3.63, 3.8) is 0 Å². The Balaban J connectivity index is 1.64. The second-order valence-electron chi connectivity index (χ2n) is 10.5. The first kappa shape index (κ1) is 29.1. The van der Waals surface area contributed by atoms with Crippen LogP contribution in [-0.4, -0.2) is 64.5 Å². The zero-order valence-corrected chi connectivity index (χ0v) is 22.7. The van der Waals surface area contributed by atoms with Crippen LogP contribution < -0.4 is 10.6 Å². The van der Waals surface area contributed by atoms with Gasteiger partial charge in [-0.15, -0.1) is 0 Å². The van der Waals surface area contributed by atoms with Crippen LogP contribution in [0.15, 0.2) is 48.5 Å². The molecule has 204 valence electrons. The Morgan fingerprint density at radius 3 is 2.21 bits per heavy atom. The molecule has 1 saturated heterocycles. The molecule has 2 aromatic rings. The van der Waals surface area contributed by atoms with Crippen LogP contribution in [0.3, 0.4) is 0 Å². The number of aliphatic carboxylic acids is 1. The van der Waals surface area contributed by atoms with Crippen molar-refractivity contribution >= 4 is 35.3 Å². The number of nitrogens with zero attached hydrogens (tertiary/aromatic N) is 1. The lowest BCUT2D eigenvalue weighted by molar-refractivity contribution is -0.156. The van der Waals surface area contributed by atoms with Gasteiger partial charge in [0, 0.05) is 40.7 Å². The summed E-state index contributed by atoms with van der Waals surface area (Å²) in [5.74, 6) is -2.91. The zero-order valence-electron chi connectivity index (χ0n) is 22.0. The number of carboxylic acids is 1. The first-order valence-electron chi connectivity index (χ1n) is 12.4. The Morgan fingerprint density at radius 2 is 1.63 bits per heavy atom. The Labute approximate surface area is 227 Å². The van der Waals surface area contributed by atoms with Gasteiger partial charge in [-0.1, -0.05) is 50.6 Å². The standard InChI is InChI=1S/C28H34ClN3O6/c1-17(18(2)31-25(36)20-7-5-6-19(14-20)24(35)30-15-23(33)34)26(37)32-13-12-28(38,27(3,4)16-32)21-8-10-22(29)11-9-21/h5-11,14,17-18,38H,12-13,15-16H2,1-4H3,(H,30,35)(H,31,36)(H,33,34)/t17-,18?,28+/m1/s1. The molecule has 1 unspecified atom stereocenters. The predicted molar refractivity (Wildman–Crippen MR) is 143 cm³/mol. The summed E-state index contributed by atoms with van der Waals surface area (Å²) in [4.78, 5) is 50.8. The molecule has 3 rings (SSSR count). The monoisotopic (exact) mass is 543 g/mol. The van der Waals surface area contributed by atoms with Crippen LogP contribution in [0.2, 0.25) is 5.02 Å². The van der Waals surface area contributed by atoms with E-state index in [0.29, 0.717) is 24.5 Å². The summed E-state index contributed by atoms with van der Waals surface area (Å²) in [6.07, 6.45) is 0.359. The molecule has 2 aromatic carbocycles. The van der Waals surface area contributed by atoms with Gasteiger partial charge >= 0.3 is 5.97 Å². The number of hydrogen-bond donors (Lipinski definition) is 4. The summed E-state index contributed by atoms with van der Waals surface area (Å²) in [5.41, 5.74) is -0.639. The molecule has 9 nitrogen and oxygen atoms in total. The Hall–Kier alpha value is -3.43. The van der Waals surface area contributed by atoms with E-state index in [2.05, 4.69) is 10.6 Å². The molecule has 0 radical (unpaired) electrons. The van der Waals surface area contributed by atoms with Gasteiger partial charge in [-0.05, 0) is 49.2 Å². The van der Waals surface area contributed by atoms with Gasteiger partial charge in [0.15, 0.2) is 0 Å². The van der Waals surface area contributed by atoms with Crippen LogP contribution in [0, 0.1) is 11.3 Å². The van der Waals surface area contributed by atoms with Crippen LogP contribution in [0.1, 0.15) is 60.4 Å². The van der Waals surface area contributed by atoms with Crippen molar-refractivity contribution in [3.05, 3.63) is 70.2 Å². The number of amides is 3. The van der Waals surface area contributed by atoms with Gasteiger partial charge in [0.2, 0.25) is 5.91 Å². The lowest BCUT2D eigenvalue weighted by Gasteiger charge is -2.51. The van der Waals surface area contributed by atoms with Gasteiger partial charge < -0.3 is 25.7 Å². The fraction of sp³-hybridized carbons (Fsp3) is 0.429. The van der Waals surface area contributed by atoms with E-state index in [4.69, 9.17) is 16.7 Å². The minimum Gasteiger partial charge on any atom is -0.480 e.